The molecule has 2 aliphatic rings. The first-order valence-electron chi connectivity index (χ1n) is 7.03. The van der Waals surface area contributed by atoms with Gasteiger partial charge in [-0.1, -0.05) is 0 Å². The van der Waals surface area contributed by atoms with Crippen LogP contribution in [-0.2, 0) is 0 Å². The lowest BCUT2D eigenvalue weighted by Gasteiger charge is -2.16. The van der Waals surface area contributed by atoms with Crippen molar-refractivity contribution in [2.75, 3.05) is 13.1 Å². The topological polar surface area (TPSA) is 75.5 Å². The Labute approximate surface area is 130 Å². The van der Waals surface area contributed by atoms with Crippen LogP contribution in [0.2, 0.25) is 0 Å². The average molecular weight is 354 g/mol. The number of halogens is 1. The molecule has 1 amide bonds. The molecule has 112 valence electrons. The lowest BCUT2D eigenvalue weighted by atomic mass is 10.1. The number of nitro benzene ring substituents is 1. The van der Waals surface area contributed by atoms with Gasteiger partial charge >= 0.3 is 0 Å². The van der Waals surface area contributed by atoms with Gasteiger partial charge in [0.15, 0.2) is 0 Å². The summed E-state index contributed by atoms with van der Waals surface area (Å²) >= 11 is 3.28. The van der Waals surface area contributed by atoms with E-state index in [1.54, 1.807) is 0 Å². The second kappa shape index (κ2) is 5.73. The summed E-state index contributed by atoms with van der Waals surface area (Å²) in [5, 5.41) is 13.8. The van der Waals surface area contributed by atoms with Crippen molar-refractivity contribution in [1.29, 1.82) is 0 Å². The molecule has 1 atom stereocenters. The van der Waals surface area contributed by atoms with Gasteiger partial charge in [-0.2, -0.15) is 0 Å². The molecule has 1 saturated carbocycles. The van der Waals surface area contributed by atoms with Crippen LogP contribution >= 0.6 is 15.9 Å². The van der Waals surface area contributed by atoms with Crippen molar-refractivity contribution < 1.29 is 9.72 Å². The van der Waals surface area contributed by atoms with Gasteiger partial charge in [0.05, 0.1) is 10.5 Å². The third-order valence-electron chi connectivity index (χ3n) is 4.02. The minimum absolute atomic E-state index is 0.0746. The lowest BCUT2D eigenvalue weighted by molar-refractivity contribution is -0.384. The minimum atomic E-state index is -0.492. The van der Waals surface area contributed by atoms with Crippen LogP contribution in [-0.4, -0.2) is 40.9 Å². The molecular formula is C14H16BrN3O3. The van der Waals surface area contributed by atoms with E-state index in [1.807, 2.05) is 0 Å². The van der Waals surface area contributed by atoms with Crippen molar-refractivity contribution in [1.82, 2.24) is 10.2 Å². The Morgan fingerprint density at radius 3 is 2.81 bits per heavy atom. The molecule has 1 aliphatic heterocycles. The standard InChI is InChI=1S/C14H16BrN3O3/c15-13-4-3-11(18(20)21)7-12(13)14(19)16-9-5-6-17(8-9)10-1-2-10/h3-4,7,9-10H,1-2,5-6,8H2,(H,16,19). The quantitative estimate of drug-likeness (QED) is 0.665. The summed E-state index contributed by atoms with van der Waals surface area (Å²) in [7, 11) is 0. The molecule has 1 aliphatic carbocycles. The number of nitrogens with zero attached hydrogens (tertiary/aromatic N) is 2. The maximum Gasteiger partial charge on any atom is 0.270 e. The van der Waals surface area contributed by atoms with E-state index in [9.17, 15) is 14.9 Å². The summed E-state index contributed by atoms with van der Waals surface area (Å²) in [5.41, 5.74) is 0.239. The SMILES string of the molecule is O=C(NC1CCN(C2CC2)C1)c1cc([N+](=O)[O-])ccc1Br. The number of hydrogen-bond acceptors (Lipinski definition) is 4. The summed E-state index contributed by atoms with van der Waals surface area (Å²) in [6, 6.07) is 5.07. The Balaban J connectivity index is 1.67. The molecule has 1 heterocycles. The van der Waals surface area contributed by atoms with Crippen LogP contribution in [0, 0.1) is 10.1 Å². The molecule has 7 heteroatoms. The number of likely N-dealkylation sites (tertiary alicyclic amines) is 1. The molecule has 3 rings (SSSR count). The predicted octanol–water partition coefficient (Wildman–Crippen LogP) is 2.32. The summed E-state index contributed by atoms with van der Waals surface area (Å²) in [6.45, 7) is 1.90. The molecule has 1 unspecified atom stereocenters. The lowest BCUT2D eigenvalue weighted by Crippen LogP contribution is -2.37. The van der Waals surface area contributed by atoms with Crippen LogP contribution in [0.5, 0.6) is 0 Å². The fraction of sp³-hybridized carbons (Fsp3) is 0.500. The number of carbonyl (C=O) groups is 1. The third kappa shape index (κ3) is 3.24. The third-order valence-corrected chi connectivity index (χ3v) is 4.72. The largest absolute Gasteiger partial charge is 0.348 e. The predicted molar refractivity (Wildman–Crippen MR) is 81.3 cm³/mol. The fourth-order valence-electron chi connectivity index (χ4n) is 2.74. The van der Waals surface area contributed by atoms with Crippen molar-refractivity contribution >= 4 is 27.5 Å². The molecule has 21 heavy (non-hydrogen) atoms. The molecule has 6 nitrogen and oxygen atoms in total. The molecule has 1 aromatic carbocycles. The van der Waals surface area contributed by atoms with Crippen LogP contribution in [0.4, 0.5) is 5.69 Å². The van der Waals surface area contributed by atoms with Crippen LogP contribution < -0.4 is 5.32 Å². The first-order valence-corrected chi connectivity index (χ1v) is 7.83. The van der Waals surface area contributed by atoms with Crippen molar-refractivity contribution in [3.05, 3.63) is 38.3 Å². The second-order valence-electron chi connectivity index (χ2n) is 5.61. The van der Waals surface area contributed by atoms with E-state index in [4.69, 9.17) is 0 Å². The minimum Gasteiger partial charge on any atom is -0.348 e. The normalized spacial score (nSPS) is 22.2. The maximum atomic E-state index is 12.3. The number of benzene rings is 1. The van der Waals surface area contributed by atoms with E-state index in [1.165, 1.54) is 31.0 Å². The highest BCUT2D eigenvalue weighted by Gasteiger charge is 2.35. The van der Waals surface area contributed by atoms with Crippen LogP contribution in [0.15, 0.2) is 22.7 Å². The average Bonchev–Trinajstić information content (AvgIpc) is 3.20. The van der Waals surface area contributed by atoms with Gasteiger partial charge < -0.3 is 5.32 Å². The van der Waals surface area contributed by atoms with E-state index in [2.05, 4.69) is 26.1 Å². The monoisotopic (exact) mass is 353 g/mol. The molecule has 0 radical (unpaired) electrons. The molecule has 0 aromatic heterocycles. The summed E-state index contributed by atoms with van der Waals surface area (Å²) in [6.07, 6.45) is 3.46. The fourth-order valence-corrected chi connectivity index (χ4v) is 3.17. The van der Waals surface area contributed by atoms with Crippen LogP contribution in [0.1, 0.15) is 29.6 Å². The van der Waals surface area contributed by atoms with Gasteiger partial charge in [0.2, 0.25) is 0 Å². The number of rotatable bonds is 4. The number of hydrogen-bond donors (Lipinski definition) is 1. The maximum absolute atomic E-state index is 12.3. The molecule has 1 aromatic rings. The van der Waals surface area contributed by atoms with Crippen LogP contribution in [0.3, 0.4) is 0 Å². The Morgan fingerprint density at radius 1 is 1.38 bits per heavy atom. The van der Waals surface area contributed by atoms with E-state index < -0.39 is 4.92 Å². The van der Waals surface area contributed by atoms with Crippen molar-refractivity contribution in [3.8, 4) is 0 Å². The zero-order chi connectivity index (χ0) is 15.0. The number of amides is 1. The van der Waals surface area contributed by atoms with E-state index >= 15 is 0 Å². The van der Waals surface area contributed by atoms with Gasteiger partial charge in [-0.25, -0.2) is 0 Å². The second-order valence-corrected chi connectivity index (χ2v) is 6.46. The molecule has 1 saturated heterocycles. The number of nitrogens with one attached hydrogen (secondary N) is 1. The highest BCUT2D eigenvalue weighted by atomic mass is 79.9. The number of nitro groups is 1. The Morgan fingerprint density at radius 2 is 2.14 bits per heavy atom. The highest BCUT2D eigenvalue weighted by Crippen LogP contribution is 2.30. The first-order chi connectivity index (χ1) is 10.0. The first kappa shape index (κ1) is 14.5. The van der Waals surface area contributed by atoms with Gasteiger partial charge in [0.25, 0.3) is 11.6 Å². The van der Waals surface area contributed by atoms with Gasteiger partial charge in [0, 0.05) is 41.8 Å². The highest BCUT2D eigenvalue weighted by molar-refractivity contribution is 9.10. The Hall–Kier alpha value is -1.47. The molecule has 0 spiro atoms. The van der Waals surface area contributed by atoms with Crippen molar-refractivity contribution in [2.24, 2.45) is 0 Å². The number of carbonyl (C=O) groups excluding carboxylic acids is 1. The molecular weight excluding hydrogens is 338 g/mol. The van der Waals surface area contributed by atoms with E-state index in [0.717, 1.165) is 19.5 Å². The van der Waals surface area contributed by atoms with Gasteiger partial charge in [-0.05, 0) is 41.3 Å². The Kier molecular flexibility index (Phi) is 3.95. The summed E-state index contributed by atoms with van der Waals surface area (Å²) < 4.78 is 0.572. The van der Waals surface area contributed by atoms with Gasteiger partial charge in [0.1, 0.15) is 0 Å². The Bertz CT molecular complexity index is 589. The molecule has 0 bridgehead atoms. The summed E-state index contributed by atoms with van der Waals surface area (Å²) in [4.78, 5) is 25.0. The van der Waals surface area contributed by atoms with Crippen molar-refractivity contribution in [2.45, 2.75) is 31.3 Å². The van der Waals surface area contributed by atoms with Gasteiger partial charge in [-0.3, -0.25) is 19.8 Å². The zero-order valence-corrected chi connectivity index (χ0v) is 13.0. The van der Waals surface area contributed by atoms with Crippen LogP contribution in [0.25, 0.3) is 0 Å². The number of non-ortho nitro benzene ring substituents is 1. The van der Waals surface area contributed by atoms with E-state index in [-0.39, 0.29) is 17.6 Å². The van der Waals surface area contributed by atoms with E-state index in [0.29, 0.717) is 16.1 Å². The van der Waals surface area contributed by atoms with Gasteiger partial charge in [-0.15, -0.1) is 0 Å². The molecule has 2 fully saturated rings. The smallest absolute Gasteiger partial charge is 0.270 e. The summed E-state index contributed by atoms with van der Waals surface area (Å²) in [5.74, 6) is -0.256. The zero-order valence-electron chi connectivity index (χ0n) is 11.4. The van der Waals surface area contributed by atoms with Crippen molar-refractivity contribution in [3.63, 3.8) is 0 Å². The molecule has 1 N–H and O–H groups in total.